The minimum Gasteiger partial charge on any atom is -0.341 e. The molecule has 2 aliphatic rings. The Kier molecular flexibility index (Phi) is 3.73. The summed E-state index contributed by atoms with van der Waals surface area (Å²) in [5.41, 5.74) is 0. The maximum Gasteiger partial charge on any atom is 0.231 e. The van der Waals surface area contributed by atoms with Crippen molar-refractivity contribution < 1.29 is 0 Å². The number of nitrogens with zero attached hydrogens (tertiary/aromatic N) is 5. The second kappa shape index (κ2) is 5.49. The summed E-state index contributed by atoms with van der Waals surface area (Å²) in [6.45, 7) is 5.27. The van der Waals surface area contributed by atoms with Crippen LogP contribution in [0.25, 0.3) is 0 Å². The van der Waals surface area contributed by atoms with Crippen LogP contribution in [0.5, 0.6) is 0 Å². The number of halogens is 1. The predicted octanol–water partition coefficient (Wildman–Crippen LogP) is 2.50. The van der Waals surface area contributed by atoms with E-state index in [4.69, 9.17) is 11.6 Å². The smallest absolute Gasteiger partial charge is 0.231 e. The van der Waals surface area contributed by atoms with Gasteiger partial charge in [-0.3, -0.25) is 0 Å². The average molecular weight is 282 g/mol. The van der Waals surface area contributed by atoms with Crippen molar-refractivity contribution in [3.63, 3.8) is 0 Å². The Morgan fingerprint density at radius 1 is 0.947 bits per heavy atom. The van der Waals surface area contributed by atoms with Crippen LogP contribution in [0.2, 0.25) is 5.28 Å². The molecule has 0 saturated carbocycles. The van der Waals surface area contributed by atoms with Gasteiger partial charge in [0.2, 0.25) is 17.2 Å². The molecule has 0 aliphatic carbocycles. The maximum atomic E-state index is 6.08. The fourth-order valence-electron chi connectivity index (χ4n) is 2.92. The lowest BCUT2D eigenvalue weighted by Gasteiger charge is -2.28. The number of hydrogen-bond donors (Lipinski definition) is 0. The summed E-state index contributed by atoms with van der Waals surface area (Å²) in [7, 11) is 0. The van der Waals surface area contributed by atoms with Gasteiger partial charge in [-0.2, -0.15) is 15.0 Å². The summed E-state index contributed by atoms with van der Waals surface area (Å²) >= 11 is 6.08. The summed E-state index contributed by atoms with van der Waals surface area (Å²) in [6.07, 6.45) is 6.11. The quantitative estimate of drug-likeness (QED) is 0.833. The van der Waals surface area contributed by atoms with Crippen molar-refractivity contribution in [3.8, 4) is 0 Å². The number of piperidine rings is 1. The first kappa shape index (κ1) is 12.9. The third kappa shape index (κ3) is 2.76. The molecule has 3 heterocycles. The van der Waals surface area contributed by atoms with Crippen LogP contribution in [0.4, 0.5) is 11.9 Å². The highest BCUT2D eigenvalue weighted by Gasteiger charge is 2.25. The number of hydrogen-bond acceptors (Lipinski definition) is 5. The first-order chi connectivity index (χ1) is 9.24. The molecular weight excluding hydrogens is 262 g/mol. The van der Waals surface area contributed by atoms with Crippen LogP contribution >= 0.6 is 11.6 Å². The van der Waals surface area contributed by atoms with E-state index in [1.807, 2.05) is 0 Å². The molecule has 2 fully saturated rings. The van der Waals surface area contributed by atoms with E-state index in [9.17, 15) is 0 Å². The third-order valence-corrected chi connectivity index (χ3v) is 4.20. The summed E-state index contributed by atoms with van der Waals surface area (Å²) < 4.78 is 0. The second-order valence-electron chi connectivity index (χ2n) is 5.44. The highest BCUT2D eigenvalue weighted by atomic mass is 35.5. The first-order valence-electron chi connectivity index (χ1n) is 7.17. The van der Waals surface area contributed by atoms with Crippen LogP contribution in [0, 0.1) is 0 Å². The topological polar surface area (TPSA) is 45.2 Å². The van der Waals surface area contributed by atoms with Crippen LogP contribution in [-0.2, 0) is 0 Å². The van der Waals surface area contributed by atoms with E-state index in [0.717, 1.165) is 31.5 Å². The van der Waals surface area contributed by atoms with Crippen LogP contribution in [0.15, 0.2) is 0 Å². The Morgan fingerprint density at radius 2 is 1.68 bits per heavy atom. The zero-order valence-corrected chi connectivity index (χ0v) is 12.1. The summed E-state index contributed by atoms with van der Waals surface area (Å²) in [5, 5.41) is 0.310. The van der Waals surface area contributed by atoms with Gasteiger partial charge in [-0.1, -0.05) is 0 Å². The normalized spacial score (nSPS) is 24.0. The van der Waals surface area contributed by atoms with E-state index in [1.54, 1.807) is 0 Å². The minimum absolute atomic E-state index is 0.310. The van der Waals surface area contributed by atoms with Gasteiger partial charge in [0.15, 0.2) is 0 Å². The zero-order chi connectivity index (χ0) is 13.2. The molecule has 2 aliphatic heterocycles. The fourth-order valence-corrected chi connectivity index (χ4v) is 3.07. The fraction of sp³-hybridized carbons (Fsp3) is 0.769. The standard InChI is InChI=1S/C13H20ClN5/c1-10-6-5-9-19(10)13-16-11(14)15-12(17-13)18-7-3-2-4-8-18/h10H,2-9H2,1H3. The molecule has 0 amide bonds. The van der Waals surface area contributed by atoms with E-state index >= 15 is 0 Å². The molecule has 1 aromatic rings. The highest BCUT2D eigenvalue weighted by molar-refractivity contribution is 6.28. The lowest BCUT2D eigenvalue weighted by Crippen LogP contribution is -2.33. The monoisotopic (exact) mass is 281 g/mol. The zero-order valence-electron chi connectivity index (χ0n) is 11.3. The van der Waals surface area contributed by atoms with Crippen LogP contribution in [0.1, 0.15) is 39.0 Å². The maximum absolute atomic E-state index is 6.08. The molecule has 6 heteroatoms. The van der Waals surface area contributed by atoms with Crippen molar-refractivity contribution in [3.05, 3.63) is 5.28 Å². The van der Waals surface area contributed by atoms with Gasteiger partial charge in [-0.15, -0.1) is 0 Å². The highest BCUT2D eigenvalue weighted by Crippen LogP contribution is 2.25. The Hall–Kier alpha value is -1.10. The SMILES string of the molecule is CC1CCCN1c1nc(Cl)nc(N2CCCCC2)n1. The van der Waals surface area contributed by atoms with E-state index < -0.39 is 0 Å². The number of aromatic nitrogens is 3. The van der Waals surface area contributed by atoms with E-state index in [0.29, 0.717) is 11.3 Å². The Morgan fingerprint density at radius 3 is 2.37 bits per heavy atom. The Balaban J connectivity index is 1.86. The molecule has 0 spiro atoms. The molecule has 19 heavy (non-hydrogen) atoms. The van der Waals surface area contributed by atoms with Gasteiger partial charge in [0.05, 0.1) is 0 Å². The van der Waals surface area contributed by atoms with Crippen molar-refractivity contribution in [2.45, 2.75) is 45.1 Å². The van der Waals surface area contributed by atoms with Crippen molar-refractivity contribution >= 4 is 23.5 Å². The Labute approximate surface area is 119 Å². The van der Waals surface area contributed by atoms with Crippen LogP contribution in [-0.4, -0.2) is 40.6 Å². The molecular formula is C13H20ClN5. The molecule has 3 rings (SSSR count). The lowest BCUT2D eigenvalue weighted by molar-refractivity contribution is 0.566. The largest absolute Gasteiger partial charge is 0.341 e. The van der Waals surface area contributed by atoms with E-state index in [1.165, 1.54) is 32.1 Å². The summed E-state index contributed by atoms with van der Waals surface area (Å²) in [5.74, 6) is 1.49. The van der Waals surface area contributed by atoms with Gasteiger partial charge in [-0.25, -0.2) is 0 Å². The van der Waals surface area contributed by atoms with Gasteiger partial charge in [0.1, 0.15) is 0 Å². The van der Waals surface area contributed by atoms with Crippen molar-refractivity contribution in [2.75, 3.05) is 29.4 Å². The Bertz CT molecular complexity index is 447. The average Bonchev–Trinajstić information content (AvgIpc) is 2.85. The van der Waals surface area contributed by atoms with Crippen LogP contribution < -0.4 is 9.80 Å². The molecule has 0 N–H and O–H groups in total. The molecule has 0 radical (unpaired) electrons. The van der Waals surface area contributed by atoms with Crippen molar-refractivity contribution in [1.29, 1.82) is 0 Å². The molecule has 0 bridgehead atoms. The molecule has 1 atom stereocenters. The van der Waals surface area contributed by atoms with E-state index in [-0.39, 0.29) is 0 Å². The summed E-state index contributed by atoms with van der Waals surface area (Å²) in [4.78, 5) is 17.7. The number of anilines is 2. The van der Waals surface area contributed by atoms with Gasteiger partial charge >= 0.3 is 0 Å². The van der Waals surface area contributed by atoms with E-state index in [2.05, 4.69) is 31.7 Å². The lowest BCUT2D eigenvalue weighted by atomic mass is 10.1. The van der Waals surface area contributed by atoms with Gasteiger partial charge in [0, 0.05) is 25.7 Å². The second-order valence-corrected chi connectivity index (χ2v) is 5.77. The molecule has 0 aromatic carbocycles. The first-order valence-corrected chi connectivity index (χ1v) is 7.55. The summed E-state index contributed by atoms with van der Waals surface area (Å²) in [6, 6.07) is 0.493. The van der Waals surface area contributed by atoms with Gasteiger partial charge in [-0.05, 0) is 50.6 Å². The van der Waals surface area contributed by atoms with Gasteiger partial charge in [0.25, 0.3) is 0 Å². The predicted molar refractivity (Wildman–Crippen MR) is 76.9 cm³/mol. The molecule has 5 nitrogen and oxygen atoms in total. The van der Waals surface area contributed by atoms with Gasteiger partial charge < -0.3 is 9.80 Å². The van der Waals surface area contributed by atoms with Crippen molar-refractivity contribution in [1.82, 2.24) is 15.0 Å². The number of rotatable bonds is 2. The van der Waals surface area contributed by atoms with Crippen LogP contribution in [0.3, 0.4) is 0 Å². The minimum atomic E-state index is 0.310. The van der Waals surface area contributed by atoms with Crippen molar-refractivity contribution in [2.24, 2.45) is 0 Å². The molecule has 1 aromatic heterocycles. The molecule has 1 unspecified atom stereocenters. The molecule has 2 saturated heterocycles. The molecule has 104 valence electrons. The third-order valence-electron chi connectivity index (χ3n) is 4.03.